The second-order valence-corrected chi connectivity index (χ2v) is 5.48. The van der Waals surface area contributed by atoms with Crippen molar-refractivity contribution in [3.63, 3.8) is 0 Å². The van der Waals surface area contributed by atoms with Crippen LogP contribution < -0.4 is 0 Å². The summed E-state index contributed by atoms with van der Waals surface area (Å²) >= 11 is 6.02. The Bertz CT molecular complexity index is 599. The van der Waals surface area contributed by atoms with Gasteiger partial charge in [-0.15, -0.1) is 0 Å². The predicted octanol–water partition coefficient (Wildman–Crippen LogP) is 2.38. The Morgan fingerprint density at radius 1 is 1.38 bits per heavy atom. The monoisotopic (exact) mass is 309 g/mol. The van der Waals surface area contributed by atoms with Gasteiger partial charge in [-0.2, -0.15) is 0 Å². The smallest absolute Gasteiger partial charge is 0.308 e. The van der Waals surface area contributed by atoms with E-state index in [0.29, 0.717) is 30.0 Å². The van der Waals surface area contributed by atoms with Gasteiger partial charge >= 0.3 is 5.97 Å². The molecule has 1 aromatic rings. The van der Waals surface area contributed by atoms with Crippen LogP contribution in [0.25, 0.3) is 5.57 Å². The number of rotatable bonds is 3. The van der Waals surface area contributed by atoms with E-state index in [0.717, 1.165) is 0 Å². The summed E-state index contributed by atoms with van der Waals surface area (Å²) in [5.74, 6) is -1.80. The maximum Gasteiger partial charge on any atom is 0.308 e. The average Bonchev–Trinajstić information content (AvgIpc) is 2.48. The van der Waals surface area contributed by atoms with Gasteiger partial charge in [0.05, 0.1) is 5.92 Å². The van der Waals surface area contributed by atoms with Crippen LogP contribution in [0.2, 0.25) is 5.02 Å². The molecule has 1 heterocycles. The zero-order valence-corrected chi connectivity index (χ0v) is 12.1. The molecule has 2 rings (SSSR count). The molecule has 1 aromatic carbocycles. The van der Waals surface area contributed by atoms with Crippen molar-refractivity contribution in [3.8, 4) is 5.75 Å². The van der Waals surface area contributed by atoms with Crippen LogP contribution in [0, 0.1) is 5.92 Å². The number of amides is 1. The van der Waals surface area contributed by atoms with E-state index < -0.39 is 11.9 Å². The number of hydrogen-bond acceptors (Lipinski definition) is 3. The summed E-state index contributed by atoms with van der Waals surface area (Å²) in [7, 11) is 0. The van der Waals surface area contributed by atoms with E-state index in [-0.39, 0.29) is 23.8 Å². The van der Waals surface area contributed by atoms with E-state index in [1.807, 2.05) is 0 Å². The quantitative estimate of drug-likeness (QED) is 0.840. The van der Waals surface area contributed by atoms with Crippen LogP contribution in [0.3, 0.4) is 0 Å². The second kappa shape index (κ2) is 6.18. The number of carboxylic acid groups (broad SMARTS) is 1. The molecule has 0 spiro atoms. The van der Waals surface area contributed by atoms with Crippen molar-refractivity contribution in [3.05, 3.63) is 35.4 Å². The number of phenols is 1. The number of carbonyl (C=O) groups is 2. The lowest BCUT2D eigenvalue weighted by molar-refractivity contribution is -0.144. The molecular formula is C15H16ClNO4. The van der Waals surface area contributed by atoms with Crippen LogP contribution in [0.15, 0.2) is 24.8 Å². The molecular weight excluding hydrogens is 294 g/mol. The molecule has 1 unspecified atom stereocenters. The van der Waals surface area contributed by atoms with Crippen LogP contribution in [0.4, 0.5) is 0 Å². The molecule has 1 aliphatic rings. The second-order valence-electron chi connectivity index (χ2n) is 5.07. The van der Waals surface area contributed by atoms with Gasteiger partial charge in [-0.3, -0.25) is 9.59 Å². The first-order chi connectivity index (χ1) is 9.90. The van der Waals surface area contributed by atoms with Gasteiger partial charge in [0, 0.05) is 29.2 Å². The number of aromatic hydroxyl groups is 1. The fourth-order valence-electron chi connectivity index (χ4n) is 2.41. The lowest BCUT2D eigenvalue weighted by Gasteiger charge is -2.31. The summed E-state index contributed by atoms with van der Waals surface area (Å²) in [5, 5.41) is 18.9. The first-order valence-corrected chi connectivity index (χ1v) is 6.98. The molecule has 2 N–H and O–H groups in total. The normalized spacial score (nSPS) is 18.3. The average molecular weight is 310 g/mol. The first kappa shape index (κ1) is 15.4. The number of phenolic OH excluding ortho intramolecular Hbond substituents is 1. The van der Waals surface area contributed by atoms with Crippen LogP contribution in [-0.4, -0.2) is 40.1 Å². The summed E-state index contributed by atoms with van der Waals surface area (Å²) in [6.07, 6.45) is 1.21. The molecule has 0 aliphatic carbocycles. The zero-order valence-electron chi connectivity index (χ0n) is 11.4. The van der Waals surface area contributed by atoms with Crippen molar-refractivity contribution in [2.75, 3.05) is 13.1 Å². The van der Waals surface area contributed by atoms with Crippen LogP contribution >= 0.6 is 11.6 Å². The molecule has 1 saturated heterocycles. The van der Waals surface area contributed by atoms with Gasteiger partial charge in [0.15, 0.2) is 0 Å². The van der Waals surface area contributed by atoms with Crippen molar-refractivity contribution in [2.24, 2.45) is 5.92 Å². The highest BCUT2D eigenvalue weighted by molar-refractivity contribution is 6.34. The van der Waals surface area contributed by atoms with Gasteiger partial charge < -0.3 is 15.1 Å². The summed E-state index contributed by atoms with van der Waals surface area (Å²) in [6.45, 7) is 4.41. The van der Waals surface area contributed by atoms with Crippen LogP contribution in [-0.2, 0) is 9.59 Å². The van der Waals surface area contributed by atoms with E-state index in [4.69, 9.17) is 16.7 Å². The maximum absolute atomic E-state index is 12.4. The molecule has 1 aliphatic heterocycles. The van der Waals surface area contributed by atoms with E-state index in [1.54, 1.807) is 0 Å². The minimum atomic E-state index is -0.895. The van der Waals surface area contributed by atoms with E-state index in [1.165, 1.54) is 23.1 Å². The Morgan fingerprint density at radius 2 is 2.10 bits per heavy atom. The number of benzene rings is 1. The Balaban J connectivity index is 2.17. The van der Waals surface area contributed by atoms with Gasteiger partial charge in [0.2, 0.25) is 0 Å². The lowest BCUT2D eigenvalue weighted by atomic mass is 9.97. The largest absolute Gasteiger partial charge is 0.508 e. The van der Waals surface area contributed by atoms with Crippen molar-refractivity contribution in [2.45, 2.75) is 12.8 Å². The van der Waals surface area contributed by atoms with Crippen molar-refractivity contribution in [1.29, 1.82) is 0 Å². The number of carboxylic acids is 1. The molecule has 1 amide bonds. The molecule has 0 radical (unpaired) electrons. The number of nitrogens with zero attached hydrogens (tertiary/aromatic N) is 1. The Kier molecular flexibility index (Phi) is 4.53. The van der Waals surface area contributed by atoms with Gasteiger partial charge in [-0.25, -0.2) is 0 Å². The number of piperidine rings is 1. The molecule has 6 heteroatoms. The molecule has 0 bridgehead atoms. The van der Waals surface area contributed by atoms with Crippen LogP contribution in [0.5, 0.6) is 5.75 Å². The highest BCUT2D eigenvalue weighted by Crippen LogP contribution is 2.29. The number of halogens is 1. The molecule has 112 valence electrons. The van der Waals surface area contributed by atoms with Gasteiger partial charge in [-0.1, -0.05) is 18.2 Å². The van der Waals surface area contributed by atoms with Crippen molar-refractivity contribution >= 4 is 29.1 Å². The zero-order chi connectivity index (χ0) is 15.6. The first-order valence-electron chi connectivity index (χ1n) is 6.60. The molecule has 0 aromatic heterocycles. The highest BCUT2D eigenvalue weighted by Gasteiger charge is 2.29. The van der Waals surface area contributed by atoms with Crippen molar-refractivity contribution in [1.82, 2.24) is 4.90 Å². The van der Waals surface area contributed by atoms with Crippen molar-refractivity contribution < 1.29 is 19.8 Å². The third kappa shape index (κ3) is 3.36. The SMILES string of the molecule is C=C(C(=O)N1CCCC(C(=O)O)C1)c1cc(O)ccc1Cl. The fourth-order valence-corrected chi connectivity index (χ4v) is 2.65. The molecule has 0 saturated carbocycles. The molecule has 21 heavy (non-hydrogen) atoms. The van der Waals surface area contributed by atoms with Gasteiger partial charge in [0.25, 0.3) is 5.91 Å². The number of aliphatic carboxylic acids is 1. The summed E-state index contributed by atoms with van der Waals surface area (Å²) in [6, 6.07) is 4.28. The molecule has 5 nitrogen and oxygen atoms in total. The summed E-state index contributed by atoms with van der Waals surface area (Å²) < 4.78 is 0. The Labute approximate surface area is 127 Å². The minimum absolute atomic E-state index is 0.00888. The van der Waals surface area contributed by atoms with E-state index in [2.05, 4.69) is 6.58 Å². The molecule has 1 atom stereocenters. The predicted molar refractivity (Wildman–Crippen MR) is 79.1 cm³/mol. The summed E-state index contributed by atoms with van der Waals surface area (Å²) in [5.41, 5.74) is 0.515. The topological polar surface area (TPSA) is 77.8 Å². The number of carbonyl (C=O) groups excluding carboxylic acids is 1. The van der Waals surface area contributed by atoms with Gasteiger partial charge in [-0.05, 0) is 31.0 Å². The highest BCUT2D eigenvalue weighted by atomic mass is 35.5. The Hall–Kier alpha value is -2.01. The third-order valence-electron chi connectivity index (χ3n) is 3.59. The summed E-state index contributed by atoms with van der Waals surface area (Å²) in [4.78, 5) is 24.9. The minimum Gasteiger partial charge on any atom is -0.508 e. The maximum atomic E-state index is 12.4. The third-order valence-corrected chi connectivity index (χ3v) is 3.92. The Morgan fingerprint density at radius 3 is 2.76 bits per heavy atom. The van der Waals surface area contributed by atoms with E-state index >= 15 is 0 Å². The van der Waals surface area contributed by atoms with E-state index in [9.17, 15) is 14.7 Å². The molecule has 1 fully saturated rings. The number of likely N-dealkylation sites (tertiary alicyclic amines) is 1. The van der Waals surface area contributed by atoms with Crippen LogP contribution in [0.1, 0.15) is 18.4 Å². The standard InChI is InChI=1S/C15H16ClNO4/c1-9(12-7-11(18)4-5-13(12)16)14(19)17-6-2-3-10(8-17)15(20)21/h4-5,7,10,18H,1-3,6,8H2,(H,20,21). The fraction of sp³-hybridized carbons (Fsp3) is 0.333. The van der Waals surface area contributed by atoms with Gasteiger partial charge in [0.1, 0.15) is 5.75 Å². The number of hydrogen-bond donors (Lipinski definition) is 2. The lowest BCUT2D eigenvalue weighted by Crippen LogP contribution is -2.42.